The lowest BCUT2D eigenvalue weighted by Gasteiger charge is -2.26. The molecule has 6 nitrogen and oxygen atoms in total. The molecular formula is C21H14BrClN2O4. The first-order valence-electron chi connectivity index (χ1n) is 9.33. The van der Waals surface area contributed by atoms with Crippen molar-refractivity contribution < 1.29 is 19.2 Å². The number of amides is 2. The first kappa shape index (κ1) is 17.6. The summed E-state index contributed by atoms with van der Waals surface area (Å²) in [6, 6.07) is 14.5. The van der Waals surface area contributed by atoms with Crippen LogP contribution < -0.4 is 4.90 Å². The molecule has 2 bridgehead atoms. The molecule has 0 saturated carbocycles. The molecule has 2 amide bonds. The minimum atomic E-state index is -0.530. The number of nitrogens with zero attached hydrogens (tertiary/aromatic N) is 2. The summed E-state index contributed by atoms with van der Waals surface area (Å²) in [7, 11) is 0. The van der Waals surface area contributed by atoms with Crippen molar-refractivity contribution in [3.05, 3.63) is 63.6 Å². The van der Waals surface area contributed by atoms with E-state index in [1.54, 1.807) is 24.3 Å². The maximum absolute atomic E-state index is 13.3. The topological polar surface area (TPSA) is 68.2 Å². The predicted molar refractivity (Wildman–Crippen MR) is 109 cm³/mol. The van der Waals surface area contributed by atoms with E-state index in [4.69, 9.17) is 21.2 Å². The number of benzene rings is 2. The van der Waals surface area contributed by atoms with E-state index >= 15 is 0 Å². The highest BCUT2D eigenvalue weighted by atomic mass is 79.9. The van der Waals surface area contributed by atoms with Gasteiger partial charge in [0.15, 0.2) is 6.10 Å². The van der Waals surface area contributed by atoms with E-state index in [1.807, 2.05) is 24.3 Å². The summed E-state index contributed by atoms with van der Waals surface area (Å²) < 4.78 is 7.00. The number of rotatable bonds is 2. The highest BCUT2D eigenvalue weighted by Crippen LogP contribution is 2.55. The largest absolute Gasteiger partial charge is 0.389 e. The molecule has 4 aliphatic rings. The standard InChI is InChI=1S/C21H14BrClN2O4/c22-10-3-7-12(8-4-10)25-20(26)13-14(21(25)27)18-19-15(17(13)28-18)16(24-29-19)9-1-5-11(23)6-2-9/h1-8,13-15,17-19H/t13-,14+,15-,17-,18+,19-/m1/s1. The van der Waals surface area contributed by atoms with Gasteiger partial charge in [-0.15, -0.1) is 0 Å². The molecule has 0 N–H and O–H groups in total. The Hall–Kier alpha value is -2.22. The maximum atomic E-state index is 13.3. The van der Waals surface area contributed by atoms with E-state index in [-0.39, 0.29) is 23.8 Å². The average molecular weight is 474 g/mol. The lowest BCUT2D eigenvalue weighted by atomic mass is 9.71. The zero-order valence-corrected chi connectivity index (χ0v) is 17.2. The fraction of sp³-hybridized carbons (Fsp3) is 0.286. The van der Waals surface area contributed by atoms with Crippen molar-refractivity contribution in [2.75, 3.05) is 4.90 Å². The summed E-state index contributed by atoms with van der Waals surface area (Å²) in [5.41, 5.74) is 2.21. The van der Waals surface area contributed by atoms with E-state index in [0.717, 1.165) is 15.7 Å². The zero-order valence-electron chi connectivity index (χ0n) is 14.9. The molecule has 3 fully saturated rings. The third-order valence-corrected chi connectivity index (χ3v) is 7.05. The highest BCUT2D eigenvalue weighted by Gasteiger charge is 2.72. The van der Waals surface area contributed by atoms with Crippen LogP contribution in [0.15, 0.2) is 58.2 Å². The van der Waals surface area contributed by atoms with E-state index in [2.05, 4.69) is 21.1 Å². The molecule has 4 heterocycles. The van der Waals surface area contributed by atoms with Crippen LogP contribution in [0.1, 0.15) is 5.56 Å². The number of imide groups is 1. The van der Waals surface area contributed by atoms with Gasteiger partial charge in [-0.1, -0.05) is 44.8 Å². The minimum absolute atomic E-state index is 0.177. The van der Waals surface area contributed by atoms with Gasteiger partial charge in [-0.3, -0.25) is 9.59 Å². The average Bonchev–Trinajstić information content (AvgIpc) is 3.44. The molecule has 6 atom stereocenters. The van der Waals surface area contributed by atoms with Crippen molar-refractivity contribution in [2.45, 2.75) is 18.3 Å². The maximum Gasteiger partial charge on any atom is 0.240 e. The fourth-order valence-corrected chi connectivity index (χ4v) is 5.45. The summed E-state index contributed by atoms with van der Waals surface area (Å²) in [6.07, 6.45) is -1.25. The van der Waals surface area contributed by atoms with Crippen molar-refractivity contribution in [3.8, 4) is 0 Å². The number of ether oxygens (including phenoxy) is 1. The van der Waals surface area contributed by atoms with E-state index < -0.39 is 24.0 Å². The molecule has 2 aromatic rings. The predicted octanol–water partition coefficient (Wildman–Crippen LogP) is 3.41. The van der Waals surface area contributed by atoms with E-state index in [9.17, 15) is 9.59 Å². The molecule has 29 heavy (non-hydrogen) atoms. The Morgan fingerprint density at radius 2 is 1.52 bits per heavy atom. The molecule has 4 aliphatic heterocycles. The van der Waals surface area contributed by atoms with Crippen LogP contribution >= 0.6 is 27.5 Å². The molecule has 2 aromatic carbocycles. The van der Waals surface area contributed by atoms with Crippen molar-refractivity contribution in [1.29, 1.82) is 0 Å². The number of halogens is 2. The number of hydrogen-bond acceptors (Lipinski definition) is 5. The molecule has 0 unspecified atom stereocenters. The van der Waals surface area contributed by atoms with Crippen molar-refractivity contribution in [2.24, 2.45) is 22.9 Å². The quantitative estimate of drug-likeness (QED) is 0.627. The van der Waals surface area contributed by atoms with Crippen LogP contribution in [0.25, 0.3) is 0 Å². The normalized spacial score (nSPS) is 34.3. The van der Waals surface area contributed by atoms with E-state index in [1.165, 1.54) is 4.90 Å². The first-order chi connectivity index (χ1) is 14.0. The first-order valence-corrected chi connectivity index (χ1v) is 10.5. The third kappa shape index (κ3) is 2.35. The van der Waals surface area contributed by atoms with Gasteiger partial charge in [-0.25, -0.2) is 4.90 Å². The van der Waals surface area contributed by atoms with Gasteiger partial charge in [0, 0.05) is 9.50 Å². The number of carbonyl (C=O) groups is 2. The molecule has 0 aromatic heterocycles. The highest BCUT2D eigenvalue weighted by molar-refractivity contribution is 9.10. The summed E-state index contributed by atoms with van der Waals surface area (Å²) in [5, 5.41) is 4.91. The van der Waals surface area contributed by atoms with Crippen molar-refractivity contribution in [3.63, 3.8) is 0 Å². The lowest BCUT2D eigenvalue weighted by Crippen LogP contribution is -2.45. The molecule has 146 valence electrons. The Kier molecular flexibility index (Phi) is 3.73. The summed E-state index contributed by atoms with van der Waals surface area (Å²) in [5.74, 6) is -1.66. The lowest BCUT2D eigenvalue weighted by molar-refractivity contribution is -0.125. The van der Waals surface area contributed by atoms with Crippen molar-refractivity contribution >= 4 is 50.7 Å². The van der Waals surface area contributed by atoms with Crippen LogP contribution in [-0.2, 0) is 19.2 Å². The third-order valence-electron chi connectivity index (χ3n) is 6.27. The van der Waals surface area contributed by atoms with Gasteiger partial charge in [0.25, 0.3) is 0 Å². The number of carbonyl (C=O) groups excluding carboxylic acids is 2. The van der Waals surface area contributed by atoms with Crippen LogP contribution in [-0.4, -0.2) is 35.8 Å². The second-order valence-corrected chi connectivity index (χ2v) is 9.04. The number of anilines is 1. The van der Waals surface area contributed by atoms with Gasteiger partial charge in [0.05, 0.1) is 35.3 Å². The molecule has 3 saturated heterocycles. The molecule has 6 rings (SSSR count). The van der Waals surface area contributed by atoms with E-state index in [0.29, 0.717) is 10.7 Å². The monoisotopic (exact) mass is 472 g/mol. The van der Waals surface area contributed by atoms with Gasteiger partial charge < -0.3 is 9.57 Å². The van der Waals surface area contributed by atoms with Gasteiger partial charge in [-0.2, -0.15) is 0 Å². The Labute approximate surface area is 179 Å². The van der Waals surface area contributed by atoms with Crippen LogP contribution in [0.2, 0.25) is 5.02 Å². The Balaban J connectivity index is 1.35. The van der Waals surface area contributed by atoms with Gasteiger partial charge in [0.2, 0.25) is 11.8 Å². The molecule has 0 radical (unpaired) electrons. The van der Waals surface area contributed by atoms with Gasteiger partial charge in [-0.05, 0) is 42.0 Å². The number of hydrogen-bond donors (Lipinski definition) is 0. The van der Waals surface area contributed by atoms with Crippen LogP contribution in [0.3, 0.4) is 0 Å². The Bertz CT molecular complexity index is 1070. The zero-order chi connectivity index (χ0) is 19.9. The Morgan fingerprint density at radius 3 is 2.21 bits per heavy atom. The fourth-order valence-electron chi connectivity index (χ4n) is 5.06. The molecule has 8 heteroatoms. The van der Waals surface area contributed by atoms with Crippen LogP contribution in [0, 0.1) is 17.8 Å². The smallest absolute Gasteiger partial charge is 0.240 e. The number of fused-ring (bicyclic) bond motifs is 8. The molecule has 0 spiro atoms. The van der Waals surface area contributed by atoms with Gasteiger partial charge >= 0.3 is 0 Å². The minimum Gasteiger partial charge on any atom is -0.389 e. The number of oxime groups is 1. The summed E-state index contributed by atoms with van der Waals surface area (Å²) in [6.45, 7) is 0. The molecular weight excluding hydrogens is 460 g/mol. The second-order valence-electron chi connectivity index (χ2n) is 7.68. The van der Waals surface area contributed by atoms with Crippen molar-refractivity contribution in [1.82, 2.24) is 0 Å². The van der Waals surface area contributed by atoms with Crippen LogP contribution in [0.5, 0.6) is 0 Å². The SMILES string of the molecule is O=C1[C@@H]2[C@@H]3O[C@@H]([C@H]4C(c5ccc(Cl)cc5)=NO[C@@H]34)[C@@H]2C(=O)N1c1ccc(Br)cc1. The molecule has 0 aliphatic carbocycles. The van der Waals surface area contributed by atoms with Gasteiger partial charge in [0.1, 0.15) is 6.10 Å². The summed E-state index contributed by atoms with van der Waals surface area (Å²) >= 11 is 9.38. The second kappa shape index (κ2) is 6.14. The Morgan fingerprint density at radius 1 is 0.862 bits per heavy atom. The summed E-state index contributed by atoms with van der Waals surface area (Å²) in [4.78, 5) is 33.4. The van der Waals surface area contributed by atoms with Crippen LogP contribution in [0.4, 0.5) is 5.69 Å².